The lowest BCUT2D eigenvalue weighted by Gasteiger charge is -2.20. The van der Waals surface area contributed by atoms with E-state index in [1.165, 1.54) is 12.3 Å². The van der Waals surface area contributed by atoms with Gasteiger partial charge in [-0.15, -0.1) is 0 Å². The van der Waals surface area contributed by atoms with Gasteiger partial charge in [0.1, 0.15) is 4.90 Å². The number of nitrogen functional groups attached to an aromatic ring is 1. The minimum absolute atomic E-state index is 0.0178. The summed E-state index contributed by atoms with van der Waals surface area (Å²) in [6, 6.07) is 1.14. The van der Waals surface area contributed by atoms with E-state index in [1.807, 2.05) is 0 Å². The zero-order valence-corrected chi connectivity index (χ0v) is 12.1. The summed E-state index contributed by atoms with van der Waals surface area (Å²) in [6.45, 7) is 0. The first-order valence-electron chi connectivity index (χ1n) is 6.29. The zero-order valence-electron chi connectivity index (χ0n) is 10.5. The molecule has 2 fully saturated rings. The predicted octanol–water partition coefficient (Wildman–Crippen LogP) is 0.619. The second-order valence-corrected chi connectivity index (χ2v) is 7.10. The van der Waals surface area contributed by atoms with E-state index in [-0.39, 0.29) is 34.0 Å². The molecule has 0 aliphatic carbocycles. The molecule has 2 aliphatic rings. The fourth-order valence-electron chi connectivity index (χ4n) is 2.70. The van der Waals surface area contributed by atoms with Crippen LogP contribution in [0.15, 0.2) is 17.2 Å². The van der Waals surface area contributed by atoms with Crippen LogP contribution < -0.4 is 16.0 Å². The molecule has 3 heterocycles. The van der Waals surface area contributed by atoms with Crippen molar-refractivity contribution in [3.05, 3.63) is 17.3 Å². The number of rotatable bonds is 4. The summed E-state index contributed by atoms with van der Waals surface area (Å²) in [6.07, 6.45) is 3.99. The maximum atomic E-state index is 12.3. The monoisotopic (exact) mass is 318 g/mol. The first-order chi connectivity index (χ1) is 9.49. The highest BCUT2D eigenvalue weighted by Crippen LogP contribution is 2.35. The number of aromatic nitrogens is 1. The molecule has 3 unspecified atom stereocenters. The molecule has 2 saturated heterocycles. The number of hydrogen-bond acceptors (Lipinski definition) is 6. The van der Waals surface area contributed by atoms with E-state index in [1.54, 1.807) is 0 Å². The van der Waals surface area contributed by atoms with E-state index < -0.39 is 10.0 Å². The summed E-state index contributed by atoms with van der Waals surface area (Å²) in [7, 11) is -3.66. The van der Waals surface area contributed by atoms with Crippen molar-refractivity contribution >= 4 is 27.4 Å². The van der Waals surface area contributed by atoms with Gasteiger partial charge in [-0.25, -0.2) is 24.0 Å². The van der Waals surface area contributed by atoms with Crippen LogP contribution in [0.25, 0.3) is 0 Å². The van der Waals surface area contributed by atoms with Crippen molar-refractivity contribution in [2.45, 2.75) is 42.4 Å². The van der Waals surface area contributed by atoms with E-state index in [9.17, 15) is 8.42 Å². The second kappa shape index (κ2) is 5.12. The first-order valence-corrected chi connectivity index (χ1v) is 8.15. The Kier molecular flexibility index (Phi) is 3.59. The summed E-state index contributed by atoms with van der Waals surface area (Å²) >= 11 is 5.89. The molecule has 9 heteroatoms. The molecule has 1 aromatic rings. The third-order valence-corrected chi connectivity index (χ3v) is 5.42. The van der Waals surface area contributed by atoms with Gasteiger partial charge in [0.05, 0.1) is 23.3 Å². The van der Waals surface area contributed by atoms with Crippen molar-refractivity contribution in [1.82, 2.24) is 9.71 Å². The summed E-state index contributed by atoms with van der Waals surface area (Å²) in [5.74, 6) is 5.43. The minimum Gasteiger partial charge on any atom is -0.373 e. The van der Waals surface area contributed by atoms with E-state index in [0.29, 0.717) is 6.42 Å². The molecule has 110 valence electrons. The van der Waals surface area contributed by atoms with Gasteiger partial charge in [-0.05, 0) is 25.3 Å². The van der Waals surface area contributed by atoms with Crippen LogP contribution in [0, 0.1) is 0 Å². The Hall–Kier alpha value is -0.930. The topological polar surface area (TPSA) is 106 Å². The number of nitrogens with two attached hydrogens (primary N) is 1. The van der Waals surface area contributed by atoms with Gasteiger partial charge in [0.2, 0.25) is 10.0 Å². The Morgan fingerprint density at radius 2 is 2.25 bits per heavy atom. The van der Waals surface area contributed by atoms with Gasteiger partial charge in [-0.1, -0.05) is 11.6 Å². The van der Waals surface area contributed by atoms with Crippen molar-refractivity contribution in [2.24, 2.45) is 5.84 Å². The molecular weight excluding hydrogens is 304 g/mol. The number of anilines is 1. The Morgan fingerprint density at radius 1 is 1.45 bits per heavy atom. The van der Waals surface area contributed by atoms with Crippen LogP contribution in [0.2, 0.25) is 5.02 Å². The number of nitrogens with one attached hydrogen (secondary N) is 2. The summed E-state index contributed by atoms with van der Waals surface area (Å²) < 4.78 is 32.9. The van der Waals surface area contributed by atoms with Crippen molar-refractivity contribution < 1.29 is 13.2 Å². The minimum atomic E-state index is -3.66. The molecule has 1 aromatic heterocycles. The molecule has 0 aromatic carbocycles. The standard InChI is InChI=1S/C11H15ClN4O3S/c12-8-4-7(5-14-11(8)15-13)20(17,18)16-9-3-6-1-2-10(9)19-6/h4-6,9-10,16H,1-3,13H2,(H,14,15). The smallest absolute Gasteiger partial charge is 0.242 e. The first kappa shape index (κ1) is 14.0. The highest BCUT2D eigenvalue weighted by molar-refractivity contribution is 7.89. The lowest BCUT2D eigenvalue weighted by Crippen LogP contribution is -2.41. The summed E-state index contributed by atoms with van der Waals surface area (Å²) in [5.41, 5.74) is 2.29. The Morgan fingerprint density at radius 3 is 2.80 bits per heavy atom. The Balaban J connectivity index is 1.79. The molecule has 0 amide bonds. The van der Waals surface area contributed by atoms with Crippen molar-refractivity contribution in [3.63, 3.8) is 0 Å². The number of hydrogen-bond donors (Lipinski definition) is 3. The van der Waals surface area contributed by atoms with Crippen LogP contribution in [0.3, 0.4) is 0 Å². The lowest BCUT2D eigenvalue weighted by molar-refractivity contribution is 0.0996. The highest BCUT2D eigenvalue weighted by Gasteiger charge is 2.42. The number of nitrogens with zero attached hydrogens (tertiary/aromatic N) is 1. The number of hydrazine groups is 1. The number of sulfonamides is 1. The summed E-state index contributed by atoms with van der Waals surface area (Å²) in [5, 5.41) is 0.152. The Bertz CT molecular complexity index is 624. The molecule has 2 aliphatic heterocycles. The quantitative estimate of drug-likeness (QED) is 0.555. The van der Waals surface area contributed by atoms with Crippen LogP contribution in [0.1, 0.15) is 19.3 Å². The fourth-order valence-corrected chi connectivity index (χ4v) is 4.24. The van der Waals surface area contributed by atoms with Gasteiger partial charge >= 0.3 is 0 Å². The van der Waals surface area contributed by atoms with Gasteiger partial charge in [-0.3, -0.25) is 0 Å². The van der Waals surface area contributed by atoms with Crippen LogP contribution in [-0.4, -0.2) is 31.7 Å². The molecule has 3 rings (SSSR count). The number of halogens is 1. The largest absolute Gasteiger partial charge is 0.373 e. The van der Waals surface area contributed by atoms with Gasteiger partial charge in [-0.2, -0.15) is 0 Å². The molecular formula is C11H15ClN4O3S. The van der Waals surface area contributed by atoms with Crippen molar-refractivity contribution in [1.29, 1.82) is 0 Å². The van der Waals surface area contributed by atoms with E-state index in [2.05, 4.69) is 15.1 Å². The number of ether oxygens (including phenoxy) is 1. The maximum absolute atomic E-state index is 12.3. The molecule has 0 radical (unpaired) electrons. The maximum Gasteiger partial charge on any atom is 0.242 e. The van der Waals surface area contributed by atoms with Gasteiger partial charge < -0.3 is 10.2 Å². The molecule has 7 nitrogen and oxygen atoms in total. The Labute approximate surface area is 121 Å². The van der Waals surface area contributed by atoms with Gasteiger partial charge in [0.25, 0.3) is 0 Å². The van der Waals surface area contributed by atoms with E-state index in [4.69, 9.17) is 22.2 Å². The van der Waals surface area contributed by atoms with Crippen molar-refractivity contribution in [3.8, 4) is 0 Å². The highest BCUT2D eigenvalue weighted by atomic mass is 35.5. The van der Waals surface area contributed by atoms with Gasteiger partial charge in [0.15, 0.2) is 5.82 Å². The second-order valence-electron chi connectivity index (χ2n) is 4.98. The normalized spacial score (nSPS) is 28.8. The average Bonchev–Trinajstić information content (AvgIpc) is 3.00. The summed E-state index contributed by atoms with van der Waals surface area (Å²) in [4.78, 5) is 3.88. The average molecular weight is 319 g/mol. The molecule has 3 atom stereocenters. The van der Waals surface area contributed by atoms with Crippen LogP contribution >= 0.6 is 11.6 Å². The third-order valence-electron chi connectivity index (χ3n) is 3.68. The number of pyridine rings is 1. The van der Waals surface area contributed by atoms with Crippen LogP contribution in [0.5, 0.6) is 0 Å². The lowest BCUT2D eigenvalue weighted by atomic mass is 9.96. The molecule has 4 N–H and O–H groups in total. The third kappa shape index (κ3) is 2.49. The van der Waals surface area contributed by atoms with Crippen molar-refractivity contribution in [2.75, 3.05) is 5.43 Å². The zero-order chi connectivity index (χ0) is 14.3. The SMILES string of the molecule is NNc1ncc(S(=O)(=O)NC2CC3CCC2O3)cc1Cl. The van der Waals surface area contributed by atoms with Crippen LogP contribution in [-0.2, 0) is 14.8 Å². The predicted molar refractivity (Wildman–Crippen MR) is 73.7 cm³/mol. The molecule has 2 bridgehead atoms. The van der Waals surface area contributed by atoms with E-state index in [0.717, 1.165) is 12.8 Å². The van der Waals surface area contributed by atoms with Gasteiger partial charge in [0, 0.05) is 6.20 Å². The van der Waals surface area contributed by atoms with Crippen LogP contribution in [0.4, 0.5) is 5.82 Å². The van der Waals surface area contributed by atoms with E-state index >= 15 is 0 Å². The molecule has 0 spiro atoms. The number of fused-ring (bicyclic) bond motifs is 2. The molecule has 20 heavy (non-hydrogen) atoms. The molecule has 0 saturated carbocycles. The fraction of sp³-hybridized carbons (Fsp3) is 0.545.